The SMILES string of the molecule is CN1CCC(c2c[nH]c3ccc(NS(=O)(=O)c4ccc(-c5ccccc5)cc4)cc23)CC1. The Morgan fingerprint density at radius 2 is 1.59 bits per heavy atom. The maximum absolute atomic E-state index is 13.0. The van der Waals surface area contributed by atoms with Crippen LogP contribution in [0.4, 0.5) is 5.69 Å². The number of anilines is 1. The predicted octanol–water partition coefficient (Wildman–Crippen LogP) is 5.44. The van der Waals surface area contributed by atoms with Crippen LogP contribution in [0.3, 0.4) is 0 Å². The number of sulfonamides is 1. The second-order valence-corrected chi connectivity index (χ2v) is 10.3. The zero-order valence-electron chi connectivity index (χ0n) is 18.1. The first-order valence-electron chi connectivity index (χ1n) is 11.0. The van der Waals surface area contributed by atoms with E-state index in [2.05, 4.69) is 27.9 Å². The van der Waals surface area contributed by atoms with Gasteiger partial charge in [-0.1, -0.05) is 42.5 Å². The summed E-state index contributed by atoms with van der Waals surface area (Å²) in [6.07, 6.45) is 4.32. The van der Waals surface area contributed by atoms with Crippen LogP contribution in [0.1, 0.15) is 24.3 Å². The number of rotatable bonds is 5. The van der Waals surface area contributed by atoms with E-state index in [0.29, 0.717) is 11.6 Å². The lowest BCUT2D eigenvalue weighted by Gasteiger charge is -2.28. The minimum absolute atomic E-state index is 0.252. The second-order valence-electron chi connectivity index (χ2n) is 8.58. The lowest BCUT2D eigenvalue weighted by Crippen LogP contribution is -2.29. The minimum atomic E-state index is -3.68. The van der Waals surface area contributed by atoms with Crippen LogP contribution < -0.4 is 4.72 Å². The molecule has 1 saturated heterocycles. The minimum Gasteiger partial charge on any atom is -0.361 e. The van der Waals surface area contributed by atoms with Gasteiger partial charge in [0.25, 0.3) is 10.0 Å². The molecular formula is C26H27N3O2S. The van der Waals surface area contributed by atoms with Crippen molar-refractivity contribution >= 4 is 26.6 Å². The van der Waals surface area contributed by atoms with Crippen LogP contribution >= 0.6 is 0 Å². The van der Waals surface area contributed by atoms with Gasteiger partial charge in [0.2, 0.25) is 0 Å². The van der Waals surface area contributed by atoms with Crippen molar-refractivity contribution in [3.05, 3.63) is 84.6 Å². The number of benzene rings is 3. The van der Waals surface area contributed by atoms with Crippen molar-refractivity contribution in [2.24, 2.45) is 0 Å². The van der Waals surface area contributed by atoms with Gasteiger partial charge < -0.3 is 9.88 Å². The quantitative estimate of drug-likeness (QED) is 0.430. The van der Waals surface area contributed by atoms with Gasteiger partial charge in [0.1, 0.15) is 0 Å². The van der Waals surface area contributed by atoms with Crippen LogP contribution in [0, 0.1) is 0 Å². The zero-order chi connectivity index (χ0) is 22.1. The molecule has 2 N–H and O–H groups in total. The fourth-order valence-electron chi connectivity index (χ4n) is 4.53. The summed E-state index contributed by atoms with van der Waals surface area (Å²) in [4.78, 5) is 5.96. The molecule has 0 unspecified atom stereocenters. The third-order valence-electron chi connectivity index (χ3n) is 6.40. The van der Waals surface area contributed by atoms with E-state index in [1.165, 1.54) is 5.56 Å². The third-order valence-corrected chi connectivity index (χ3v) is 7.79. The molecular weight excluding hydrogens is 418 g/mol. The number of aromatic amines is 1. The van der Waals surface area contributed by atoms with E-state index in [9.17, 15) is 8.42 Å². The molecule has 1 aliphatic rings. The van der Waals surface area contributed by atoms with Gasteiger partial charge in [0, 0.05) is 22.8 Å². The summed E-state index contributed by atoms with van der Waals surface area (Å²) in [6.45, 7) is 2.17. The van der Waals surface area contributed by atoms with E-state index >= 15 is 0 Å². The van der Waals surface area contributed by atoms with Crippen LogP contribution in [-0.2, 0) is 10.0 Å². The Kier molecular flexibility index (Phi) is 5.49. The van der Waals surface area contributed by atoms with Crippen LogP contribution in [0.2, 0.25) is 0 Å². The molecule has 0 radical (unpaired) electrons. The van der Waals surface area contributed by atoms with Crippen LogP contribution in [0.15, 0.2) is 83.9 Å². The first-order chi connectivity index (χ1) is 15.5. The number of piperidine rings is 1. The smallest absolute Gasteiger partial charge is 0.261 e. The van der Waals surface area contributed by atoms with Gasteiger partial charge in [0.05, 0.1) is 4.90 Å². The zero-order valence-corrected chi connectivity index (χ0v) is 18.9. The summed E-state index contributed by atoms with van der Waals surface area (Å²) in [7, 11) is -1.52. The van der Waals surface area contributed by atoms with Gasteiger partial charge in [-0.3, -0.25) is 4.72 Å². The van der Waals surface area contributed by atoms with Gasteiger partial charge in [-0.05, 0) is 85.9 Å². The Bertz CT molecular complexity index is 1320. The molecule has 1 fully saturated rings. The monoisotopic (exact) mass is 445 g/mol. The fraction of sp³-hybridized carbons (Fsp3) is 0.231. The number of hydrogen-bond donors (Lipinski definition) is 2. The first kappa shape index (κ1) is 20.8. The molecule has 0 saturated carbocycles. The van der Waals surface area contributed by atoms with Crippen LogP contribution in [0.25, 0.3) is 22.0 Å². The number of nitrogens with zero attached hydrogens (tertiary/aromatic N) is 1. The molecule has 0 spiro atoms. The molecule has 4 aromatic rings. The number of likely N-dealkylation sites (tertiary alicyclic amines) is 1. The normalized spacial score (nSPS) is 15.8. The third kappa shape index (κ3) is 4.16. The van der Waals surface area contributed by atoms with Gasteiger partial charge in [-0.15, -0.1) is 0 Å². The number of H-pyrrole nitrogens is 1. The molecule has 1 aliphatic heterocycles. The highest BCUT2D eigenvalue weighted by atomic mass is 32.2. The molecule has 32 heavy (non-hydrogen) atoms. The maximum Gasteiger partial charge on any atom is 0.261 e. The highest BCUT2D eigenvalue weighted by Crippen LogP contribution is 2.34. The Balaban J connectivity index is 1.39. The summed E-state index contributed by atoms with van der Waals surface area (Å²) in [5.41, 5.74) is 4.94. The largest absolute Gasteiger partial charge is 0.361 e. The Labute approximate surface area is 189 Å². The van der Waals surface area contributed by atoms with Gasteiger partial charge >= 0.3 is 0 Å². The van der Waals surface area contributed by atoms with E-state index in [-0.39, 0.29) is 4.90 Å². The van der Waals surface area contributed by atoms with Gasteiger partial charge in [-0.25, -0.2) is 8.42 Å². The van der Waals surface area contributed by atoms with Crippen molar-refractivity contribution in [3.63, 3.8) is 0 Å². The van der Waals surface area contributed by atoms with Crippen molar-refractivity contribution < 1.29 is 8.42 Å². The molecule has 6 heteroatoms. The van der Waals surface area contributed by atoms with Crippen molar-refractivity contribution in [2.45, 2.75) is 23.7 Å². The van der Waals surface area contributed by atoms with Crippen molar-refractivity contribution in [2.75, 3.05) is 24.9 Å². The van der Waals surface area contributed by atoms with E-state index in [1.54, 1.807) is 12.1 Å². The second kappa shape index (κ2) is 8.45. The van der Waals surface area contributed by atoms with Gasteiger partial charge in [-0.2, -0.15) is 0 Å². The lowest BCUT2D eigenvalue weighted by molar-refractivity contribution is 0.256. The van der Waals surface area contributed by atoms with E-state index in [1.807, 2.05) is 60.7 Å². The Morgan fingerprint density at radius 3 is 2.31 bits per heavy atom. The van der Waals surface area contributed by atoms with E-state index < -0.39 is 10.0 Å². The van der Waals surface area contributed by atoms with Gasteiger partial charge in [0.15, 0.2) is 0 Å². The average Bonchev–Trinajstić information content (AvgIpc) is 3.23. The summed E-state index contributed by atoms with van der Waals surface area (Å²) in [5, 5.41) is 1.10. The summed E-state index contributed by atoms with van der Waals surface area (Å²) < 4.78 is 28.8. The highest BCUT2D eigenvalue weighted by Gasteiger charge is 2.22. The molecule has 3 aromatic carbocycles. The molecule has 5 rings (SSSR count). The molecule has 5 nitrogen and oxygen atoms in total. The fourth-order valence-corrected chi connectivity index (χ4v) is 5.58. The highest BCUT2D eigenvalue weighted by molar-refractivity contribution is 7.92. The molecule has 0 atom stereocenters. The number of aromatic nitrogens is 1. The van der Waals surface area contributed by atoms with Crippen LogP contribution in [0.5, 0.6) is 0 Å². The number of hydrogen-bond acceptors (Lipinski definition) is 3. The molecule has 0 aliphatic carbocycles. The van der Waals surface area contributed by atoms with E-state index in [4.69, 9.17) is 0 Å². The molecule has 0 bridgehead atoms. The molecule has 0 amide bonds. The van der Waals surface area contributed by atoms with Crippen LogP contribution in [-0.4, -0.2) is 38.4 Å². The summed E-state index contributed by atoms with van der Waals surface area (Å²) in [6, 6.07) is 22.6. The topological polar surface area (TPSA) is 65.2 Å². The Hall–Kier alpha value is -3.09. The Morgan fingerprint density at radius 1 is 0.906 bits per heavy atom. The van der Waals surface area contributed by atoms with E-state index in [0.717, 1.165) is 48.0 Å². The molecule has 1 aromatic heterocycles. The number of fused-ring (bicyclic) bond motifs is 1. The van der Waals surface area contributed by atoms with Crippen molar-refractivity contribution in [1.82, 2.24) is 9.88 Å². The molecule has 164 valence electrons. The average molecular weight is 446 g/mol. The van der Waals surface area contributed by atoms with Crippen molar-refractivity contribution in [3.8, 4) is 11.1 Å². The van der Waals surface area contributed by atoms with Crippen molar-refractivity contribution in [1.29, 1.82) is 0 Å². The summed E-state index contributed by atoms with van der Waals surface area (Å²) in [5.74, 6) is 0.498. The first-order valence-corrected chi connectivity index (χ1v) is 12.5. The predicted molar refractivity (Wildman–Crippen MR) is 130 cm³/mol. The molecule has 2 heterocycles. The maximum atomic E-state index is 13.0. The standard InChI is InChI=1S/C26H27N3O2S/c1-29-15-13-21(14-16-29)25-18-27-26-12-9-22(17-24(25)26)28-32(30,31)23-10-7-20(8-11-23)19-5-3-2-4-6-19/h2-12,17-18,21,27-28H,13-16H2,1H3. The number of nitrogens with one attached hydrogen (secondary N) is 2. The summed E-state index contributed by atoms with van der Waals surface area (Å²) >= 11 is 0. The lowest BCUT2D eigenvalue weighted by atomic mass is 9.89.